The molecule has 3 nitrogen and oxygen atoms in total. The van der Waals surface area contributed by atoms with E-state index in [0.717, 1.165) is 30.2 Å². The summed E-state index contributed by atoms with van der Waals surface area (Å²) in [4.78, 5) is 5.84. The third-order valence-corrected chi connectivity index (χ3v) is 4.63. The average molecular weight is 245 g/mol. The first-order chi connectivity index (χ1) is 8.33. The number of hydrogen-bond acceptors (Lipinski definition) is 4. The molecule has 3 heterocycles. The summed E-state index contributed by atoms with van der Waals surface area (Å²) in [6.07, 6.45) is 1.03. The summed E-state index contributed by atoms with van der Waals surface area (Å²) in [5.74, 6) is 1.74. The summed E-state index contributed by atoms with van der Waals surface area (Å²) in [6.45, 7) is 3.34. The topological polar surface area (TPSA) is 30.8 Å². The van der Waals surface area contributed by atoms with Crippen molar-refractivity contribution in [1.29, 1.82) is 0 Å². The third-order valence-electron chi connectivity index (χ3n) is 3.33. The SMILES string of the molecule is CC1=NCCc2c1sc1cc3c(cc21)OCO3. The molecular weight excluding hydrogens is 234 g/mol. The maximum atomic E-state index is 5.45. The number of nitrogens with zero attached hydrogens (tertiary/aromatic N) is 1. The lowest BCUT2D eigenvalue weighted by Crippen LogP contribution is -2.06. The van der Waals surface area contributed by atoms with Gasteiger partial charge in [-0.05, 0) is 25.0 Å². The number of hydrogen-bond donors (Lipinski definition) is 0. The molecule has 0 spiro atoms. The maximum Gasteiger partial charge on any atom is 0.231 e. The van der Waals surface area contributed by atoms with Gasteiger partial charge in [0.25, 0.3) is 0 Å². The first kappa shape index (κ1) is 9.48. The van der Waals surface area contributed by atoms with Crippen LogP contribution in [0, 0.1) is 0 Å². The van der Waals surface area contributed by atoms with Crippen LogP contribution in [-0.2, 0) is 6.42 Å². The molecule has 0 atom stereocenters. The molecule has 4 rings (SSSR count). The lowest BCUT2D eigenvalue weighted by Gasteiger charge is -2.09. The summed E-state index contributed by atoms with van der Waals surface area (Å²) in [5.41, 5.74) is 2.59. The van der Waals surface area contributed by atoms with Gasteiger partial charge in [-0.2, -0.15) is 0 Å². The van der Waals surface area contributed by atoms with E-state index in [1.54, 1.807) is 0 Å². The molecular formula is C13H11NO2S. The highest BCUT2D eigenvalue weighted by Gasteiger charge is 2.21. The summed E-state index contributed by atoms with van der Waals surface area (Å²) < 4.78 is 12.1. The van der Waals surface area contributed by atoms with Crippen molar-refractivity contribution in [1.82, 2.24) is 0 Å². The van der Waals surface area contributed by atoms with Crippen molar-refractivity contribution >= 4 is 27.1 Å². The van der Waals surface area contributed by atoms with Gasteiger partial charge in [0.05, 0.1) is 4.88 Å². The van der Waals surface area contributed by atoms with E-state index in [1.807, 2.05) is 11.3 Å². The van der Waals surface area contributed by atoms with Crippen molar-refractivity contribution in [3.63, 3.8) is 0 Å². The molecule has 86 valence electrons. The van der Waals surface area contributed by atoms with Crippen LogP contribution in [0.15, 0.2) is 17.1 Å². The Morgan fingerprint density at radius 1 is 1.24 bits per heavy atom. The summed E-state index contributed by atoms with van der Waals surface area (Å²) in [5, 5.41) is 1.31. The van der Waals surface area contributed by atoms with E-state index >= 15 is 0 Å². The van der Waals surface area contributed by atoms with Crippen LogP contribution in [0.1, 0.15) is 17.4 Å². The fraction of sp³-hybridized carbons (Fsp3) is 0.308. The predicted molar refractivity (Wildman–Crippen MR) is 68.7 cm³/mol. The molecule has 0 N–H and O–H groups in total. The maximum absolute atomic E-state index is 5.45. The molecule has 17 heavy (non-hydrogen) atoms. The van der Waals surface area contributed by atoms with Gasteiger partial charge in [-0.3, -0.25) is 4.99 Å². The highest BCUT2D eigenvalue weighted by Crippen LogP contribution is 2.42. The zero-order chi connectivity index (χ0) is 11.4. The first-order valence-corrected chi connectivity index (χ1v) is 6.51. The molecule has 1 aromatic carbocycles. The normalized spacial score (nSPS) is 17.1. The second-order valence-corrected chi connectivity index (χ2v) is 5.38. The van der Waals surface area contributed by atoms with Crippen LogP contribution in [0.3, 0.4) is 0 Å². The van der Waals surface area contributed by atoms with E-state index < -0.39 is 0 Å². The quantitative estimate of drug-likeness (QED) is 0.714. The van der Waals surface area contributed by atoms with Gasteiger partial charge in [0.1, 0.15) is 0 Å². The molecule has 0 aliphatic carbocycles. The molecule has 4 heteroatoms. The van der Waals surface area contributed by atoms with Crippen LogP contribution in [0.4, 0.5) is 0 Å². The minimum atomic E-state index is 0.343. The van der Waals surface area contributed by atoms with Crippen LogP contribution >= 0.6 is 11.3 Å². The van der Waals surface area contributed by atoms with Crippen LogP contribution in [0.5, 0.6) is 11.5 Å². The fourth-order valence-corrected chi connectivity index (χ4v) is 3.71. The van der Waals surface area contributed by atoms with Gasteiger partial charge in [0.2, 0.25) is 6.79 Å². The third kappa shape index (κ3) is 1.24. The van der Waals surface area contributed by atoms with E-state index in [-0.39, 0.29) is 0 Å². The molecule has 0 fully saturated rings. The Hall–Kier alpha value is -1.55. The number of fused-ring (bicyclic) bond motifs is 4. The predicted octanol–water partition coefficient (Wildman–Crippen LogP) is 3.00. The zero-order valence-corrected chi connectivity index (χ0v) is 10.3. The zero-order valence-electron chi connectivity index (χ0n) is 9.45. The van der Waals surface area contributed by atoms with Gasteiger partial charge in [0.15, 0.2) is 11.5 Å². The molecule has 0 radical (unpaired) electrons. The minimum absolute atomic E-state index is 0.343. The molecule has 0 amide bonds. The monoisotopic (exact) mass is 245 g/mol. The highest BCUT2D eigenvalue weighted by molar-refractivity contribution is 7.21. The largest absolute Gasteiger partial charge is 0.454 e. The van der Waals surface area contributed by atoms with Crippen molar-refractivity contribution < 1.29 is 9.47 Å². The molecule has 2 aliphatic rings. The number of benzene rings is 1. The van der Waals surface area contributed by atoms with Crippen molar-refractivity contribution in [2.24, 2.45) is 4.99 Å². The molecule has 0 unspecified atom stereocenters. The van der Waals surface area contributed by atoms with E-state index in [4.69, 9.17) is 9.47 Å². The average Bonchev–Trinajstić information content (AvgIpc) is 2.90. The van der Waals surface area contributed by atoms with Crippen molar-refractivity contribution in [3.8, 4) is 11.5 Å². The molecule has 1 aromatic heterocycles. The van der Waals surface area contributed by atoms with Gasteiger partial charge in [-0.15, -0.1) is 11.3 Å². The second kappa shape index (κ2) is 3.23. The van der Waals surface area contributed by atoms with E-state index in [1.165, 1.54) is 20.5 Å². The Morgan fingerprint density at radius 2 is 2.06 bits per heavy atom. The van der Waals surface area contributed by atoms with Crippen LogP contribution < -0.4 is 9.47 Å². The van der Waals surface area contributed by atoms with Crippen LogP contribution in [-0.4, -0.2) is 19.0 Å². The van der Waals surface area contributed by atoms with Crippen LogP contribution in [0.2, 0.25) is 0 Å². The second-order valence-electron chi connectivity index (χ2n) is 4.33. The minimum Gasteiger partial charge on any atom is -0.454 e. The van der Waals surface area contributed by atoms with Crippen molar-refractivity contribution in [2.45, 2.75) is 13.3 Å². The standard InChI is InChI=1S/C13H11NO2S/c1-7-13-8(2-3-14-7)9-4-10-11(16-6-15-10)5-12(9)17-13/h4-5H,2-3,6H2,1H3. The lowest BCUT2D eigenvalue weighted by molar-refractivity contribution is 0.174. The molecule has 2 aliphatic heterocycles. The Bertz CT molecular complexity index is 657. The summed E-state index contributed by atoms with van der Waals surface area (Å²) in [7, 11) is 0. The first-order valence-electron chi connectivity index (χ1n) is 5.69. The molecule has 0 bridgehead atoms. The molecule has 0 saturated carbocycles. The van der Waals surface area contributed by atoms with Gasteiger partial charge >= 0.3 is 0 Å². The van der Waals surface area contributed by atoms with Gasteiger partial charge in [-0.1, -0.05) is 0 Å². The molecule has 2 aromatic rings. The lowest BCUT2D eigenvalue weighted by atomic mass is 10.0. The summed E-state index contributed by atoms with van der Waals surface area (Å²) >= 11 is 1.81. The Balaban J connectivity index is 2.05. The number of aliphatic imine (C=N–C) groups is 1. The van der Waals surface area contributed by atoms with Crippen molar-refractivity contribution in [2.75, 3.05) is 13.3 Å². The Morgan fingerprint density at radius 3 is 2.94 bits per heavy atom. The highest BCUT2D eigenvalue weighted by atomic mass is 32.1. The van der Waals surface area contributed by atoms with E-state index in [2.05, 4.69) is 24.0 Å². The van der Waals surface area contributed by atoms with Crippen molar-refractivity contribution in [3.05, 3.63) is 22.6 Å². The van der Waals surface area contributed by atoms with Gasteiger partial charge in [0, 0.05) is 28.4 Å². The smallest absolute Gasteiger partial charge is 0.231 e. The summed E-state index contributed by atoms with van der Waals surface area (Å²) in [6, 6.07) is 4.21. The number of ether oxygens (including phenoxy) is 2. The van der Waals surface area contributed by atoms with E-state index in [9.17, 15) is 0 Å². The molecule has 0 saturated heterocycles. The Labute approximate surface area is 103 Å². The van der Waals surface area contributed by atoms with E-state index in [0.29, 0.717) is 6.79 Å². The number of thiophene rings is 1. The fourth-order valence-electron chi connectivity index (χ4n) is 2.49. The van der Waals surface area contributed by atoms with Crippen LogP contribution in [0.25, 0.3) is 10.1 Å². The number of rotatable bonds is 0. The van der Waals surface area contributed by atoms with Gasteiger partial charge < -0.3 is 9.47 Å². The van der Waals surface area contributed by atoms with Gasteiger partial charge in [-0.25, -0.2) is 0 Å². The Kier molecular flexibility index (Phi) is 1.80.